The summed E-state index contributed by atoms with van der Waals surface area (Å²) in [6.07, 6.45) is 1.62. The van der Waals surface area contributed by atoms with E-state index in [9.17, 15) is 0 Å². The van der Waals surface area contributed by atoms with Crippen LogP contribution < -0.4 is 5.32 Å². The molecule has 2 aromatic heterocycles. The lowest BCUT2D eigenvalue weighted by Crippen LogP contribution is -2.08. The van der Waals surface area contributed by atoms with Gasteiger partial charge in [0.05, 0.1) is 16.3 Å². The second-order valence-electron chi connectivity index (χ2n) is 5.29. The number of benzene rings is 2. The molecule has 0 saturated carbocycles. The highest BCUT2D eigenvalue weighted by Crippen LogP contribution is 2.30. The maximum absolute atomic E-state index is 4.41. The molecule has 1 N–H and O–H groups in total. The Morgan fingerprint density at radius 1 is 1.00 bits per heavy atom. The number of rotatable bonds is 3. The molecule has 3 nitrogen and oxygen atoms in total. The molecule has 108 valence electrons. The molecule has 0 radical (unpaired) electrons. The predicted octanol–water partition coefficient (Wildman–Crippen LogP) is 5.02. The minimum absolute atomic E-state index is 0.173. The quantitative estimate of drug-likeness (QED) is 0.577. The van der Waals surface area contributed by atoms with Gasteiger partial charge in [-0.1, -0.05) is 42.5 Å². The van der Waals surface area contributed by atoms with Gasteiger partial charge in [-0.3, -0.25) is 0 Å². The second kappa shape index (κ2) is 5.39. The van der Waals surface area contributed by atoms with Gasteiger partial charge in [0.1, 0.15) is 12.1 Å². The van der Waals surface area contributed by atoms with Gasteiger partial charge in [0, 0.05) is 0 Å². The van der Waals surface area contributed by atoms with Crippen molar-refractivity contribution >= 4 is 38.1 Å². The molecule has 1 atom stereocenters. The predicted molar refractivity (Wildman–Crippen MR) is 93.4 cm³/mol. The van der Waals surface area contributed by atoms with Crippen molar-refractivity contribution in [1.29, 1.82) is 0 Å². The fraction of sp³-hybridized carbons (Fsp3) is 0.111. The summed E-state index contributed by atoms with van der Waals surface area (Å²) in [5.74, 6) is 0.903. The molecular formula is C18H15N3S. The van der Waals surface area contributed by atoms with E-state index in [1.807, 2.05) is 11.4 Å². The van der Waals surface area contributed by atoms with Crippen LogP contribution in [0.25, 0.3) is 21.0 Å². The fourth-order valence-electron chi connectivity index (χ4n) is 2.80. The van der Waals surface area contributed by atoms with E-state index < -0.39 is 0 Å². The molecule has 0 aliphatic heterocycles. The molecule has 0 saturated heterocycles. The highest BCUT2D eigenvalue weighted by molar-refractivity contribution is 7.17. The van der Waals surface area contributed by atoms with Crippen LogP contribution in [0.5, 0.6) is 0 Å². The molecule has 0 spiro atoms. The Kier molecular flexibility index (Phi) is 3.24. The third-order valence-corrected chi connectivity index (χ3v) is 4.80. The highest BCUT2D eigenvalue weighted by atomic mass is 32.1. The van der Waals surface area contributed by atoms with Crippen molar-refractivity contribution in [2.45, 2.75) is 13.0 Å². The van der Waals surface area contributed by atoms with Crippen LogP contribution in [0, 0.1) is 0 Å². The molecule has 0 fully saturated rings. The number of hydrogen-bond acceptors (Lipinski definition) is 4. The van der Waals surface area contributed by atoms with E-state index in [0.29, 0.717) is 0 Å². The summed E-state index contributed by atoms with van der Waals surface area (Å²) in [6.45, 7) is 2.17. The summed E-state index contributed by atoms with van der Waals surface area (Å²) in [5.41, 5.74) is 2.27. The summed E-state index contributed by atoms with van der Waals surface area (Å²) in [5, 5.41) is 8.13. The Labute approximate surface area is 132 Å². The number of nitrogens with zero attached hydrogens (tertiary/aromatic N) is 2. The summed E-state index contributed by atoms with van der Waals surface area (Å²) in [4.78, 5) is 8.70. The Bertz CT molecular complexity index is 940. The smallest absolute Gasteiger partial charge is 0.147 e. The highest BCUT2D eigenvalue weighted by Gasteiger charge is 2.12. The van der Waals surface area contributed by atoms with Crippen LogP contribution in [0.15, 0.2) is 60.2 Å². The Balaban J connectivity index is 1.75. The number of aromatic nitrogens is 2. The van der Waals surface area contributed by atoms with Crippen LogP contribution in [0.4, 0.5) is 5.82 Å². The molecule has 0 bridgehead atoms. The minimum atomic E-state index is 0.173. The first kappa shape index (κ1) is 13.2. The van der Waals surface area contributed by atoms with Crippen LogP contribution in [0.3, 0.4) is 0 Å². The summed E-state index contributed by atoms with van der Waals surface area (Å²) in [6, 6.07) is 17.1. The van der Waals surface area contributed by atoms with Gasteiger partial charge in [-0.15, -0.1) is 11.3 Å². The topological polar surface area (TPSA) is 37.8 Å². The largest absolute Gasteiger partial charge is 0.362 e. The van der Waals surface area contributed by atoms with Gasteiger partial charge in [0.25, 0.3) is 0 Å². The molecule has 2 heterocycles. The number of anilines is 1. The molecule has 1 unspecified atom stereocenters. The van der Waals surface area contributed by atoms with Crippen molar-refractivity contribution in [3.8, 4) is 0 Å². The summed E-state index contributed by atoms with van der Waals surface area (Å²) < 4.78 is 1.11. The molecule has 0 amide bonds. The SMILES string of the molecule is CC(Nc1ncnc2ccsc12)c1cccc2ccccc12. The van der Waals surface area contributed by atoms with E-state index in [2.05, 4.69) is 64.7 Å². The van der Waals surface area contributed by atoms with E-state index in [1.165, 1.54) is 16.3 Å². The first-order valence-electron chi connectivity index (χ1n) is 7.25. The Morgan fingerprint density at radius 2 is 1.86 bits per heavy atom. The van der Waals surface area contributed by atoms with E-state index in [-0.39, 0.29) is 6.04 Å². The van der Waals surface area contributed by atoms with Gasteiger partial charge in [-0.05, 0) is 34.7 Å². The summed E-state index contributed by atoms with van der Waals surface area (Å²) >= 11 is 1.67. The van der Waals surface area contributed by atoms with Gasteiger partial charge in [0.15, 0.2) is 0 Å². The molecule has 4 aromatic rings. The maximum Gasteiger partial charge on any atom is 0.147 e. The normalized spacial score (nSPS) is 12.6. The molecule has 4 rings (SSSR count). The zero-order valence-corrected chi connectivity index (χ0v) is 13.0. The van der Waals surface area contributed by atoms with Gasteiger partial charge in [0.2, 0.25) is 0 Å². The molecule has 0 aliphatic carbocycles. The Hall–Kier alpha value is -2.46. The third kappa shape index (κ3) is 2.22. The second-order valence-corrected chi connectivity index (χ2v) is 6.21. The molecule has 0 aliphatic rings. The molecular weight excluding hydrogens is 290 g/mol. The molecule has 22 heavy (non-hydrogen) atoms. The van der Waals surface area contributed by atoms with Crippen molar-refractivity contribution in [2.24, 2.45) is 0 Å². The van der Waals surface area contributed by atoms with Crippen LogP contribution >= 0.6 is 11.3 Å². The number of thiophene rings is 1. The number of fused-ring (bicyclic) bond motifs is 2. The van der Waals surface area contributed by atoms with Gasteiger partial charge in [-0.25, -0.2) is 9.97 Å². The maximum atomic E-state index is 4.41. The Morgan fingerprint density at radius 3 is 2.82 bits per heavy atom. The van der Waals surface area contributed by atoms with E-state index in [4.69, 9.17) is 0 Å². The van der Waals surface area contributed by atoms with Crippen molar-refractivity contribution in [1.82, 2.24) is 9.97 Å². The number of hydrogen-bond donors (Lipinski definition) is 1. The third-order valence-electron chi connectivity index (χ3n) is 3.89. The zero-order chi connectivity index (χ0) is 14.9. The van der Waals surface area contributed by atoms with Crippen LogP contribution in [-0.2, 0) is 0 Å². The van der Waals surface area contributed by atoms with Crippen LogP contribution in [0.2, 0.25) is 0 Å². The number of nitrogens with one attached hydrogen (secondary N) is 1. The fourth-order valence-corrected chi connectivity index (χ4v) is 3.60. The van der Waals surface area contributed by atoms with Crippen molar-refractivity contribution < 1.29 is 0 Å². The lowest BCUT2D eigenvalue weighted by atomic mass is 10.00. The van der Waals surface area contributed by atoms with Gasteiger partial charge < -0.3 is 5.32 Å². The first-order valence-corrected chi connectivity index (χ1v) is 8.13. The van der Waals surface area contributed by atoms with Crippen molar-refractivity contribution in [3.63, 3.8) is 0 Å². The van der Waals surface area contributed by atoms with Crippen LogP contribution in [0.1, 0.15) is 18.5 Å². The average Bonchev–Trinajstić information content (AvgIpc) is 3.04. The van der Waals surface area contributed by atoms with E-state index >= 15 is 0 Å². The lowest BCUT2D eigenvalue weighted by molar-refractivity contribution is 0.885. The van der Waals surface area contributed by atoms with E-state index in [0.717, 1.165) is 16.0 Å². The minimum Gasteiger partial charge on any atom is -0.362 e. The monoisotopic (exact) mass is 305 g/mol. The van der Waals surface area contributed by atoms with Gasteiger partial charge >= 0.3 is 0 Å². The molecule has 2 aromatic carbocycles. The van der Waals surface area contributed by atoms with E-state index in [1.54, 1.807) is 17.7 Å². The average molecular weight is 305 g/mol. The first-order chi connectivity index (χ1) is 10.8. The lowest BCUT2D eigenvalue weighted by Gasteiger charge is -2.17. The van der Waals surface area contributed by atoms with Crippen molar-refractivity contribution in [3.05, 3.63) is 65.8 Å². The van der Waals surface area contributed by atoms with Crippen LogP contribution in [-0.4, -0.2) is 9.97 Å². The standard InChI is InChI=1S/C18H15N3S/c1-12(14-8-4-6-13-5-2-3-7-15(13)14)21-18-17-16(9-10-22-17)19-11-20-18/h2-12H,1H3,(H,19,20,21). The zero-order valence-electron chi connectivity index (χ0n) is 12.2. The summed E-state index contributed by atoms with van der Waals surface area (Å²) in [7, 11) is 0. The van der Waals surface area contributed by atoms with Gasteiger partial charge in [-0.2, -0.15) is 0 Å². The molecule has 4 heteroatoms. The van der Waals surface area contributed by atoms with Crippen molar-refractivity contribution in [2.75, 3.05) is 5.32 Å².